The largest absolute Gasteiger partial charge is 0.316 e. The lowest BCUT2D eigenvalue weighted by atomic mass is 9.72. The topological polar surface area (TPSA) is 12.0 Å². The normalized spacial score (nSPS) is 28.4. The van der Waals surface area contributed by atoms with Gasteiger partial charge in [0.1, 0.15) is 0 Å². The smallest absolute Gasteiger partial charge is 0.0453 e. The van der Waals surface area contributed by atoms with E-state index in [4.69, 9.17) is 23.2 Å². The maximum absolute atomic E-state index is 6.31. The molecular formula is C17H25Cl2N. The highest BCUT2D eigenvalue weighted by molar-refractivity contribution is 6.35. The summed E-state index contributed by atoms with van der Waals surface area (Å²) in [4.78, 5) is 0. The molecule has 2 rings (SSSR count). The molecule has 1 aromatic carbocycles. The van der Waals surface area contributed by atoms with Gasteiger partial charge in [0, 0.05) is 16.1 Å². The number of rotatable bonds is 4. The summed E-state index contributed by atoms with van der Waals surface area (Å²) in [7, 11) is 2.07. The molecule has 1 aliphatic rings. The van der Waals surface area contributed by atoms with Crippen LogP contribution < -0.4 is 5.32 Å². The van der Waals surface area contributed by atoms with Crippen LogP contribution in [0.1, 0.15) is 38.7 Å². The monoisotopic (exact) mass is 313 g/mol. The molecule has 1 N–H and O–H groups in total. The van der Waals surface area contributed by atoms with E-state index in [-0.39, 0.29) is 0 Å². The maximum Gasteiger partial charge on any atom is 0.0453 e. The Morgan fingerprint density at radius 2 is 1.95 bits per heavy atom. The van der Waals surface area contributed by atoms with Crippen molar-refractivity contribution < 1.29 is 0 Å². The lowest BCUT2D eigenvalue weighted by Crippen LogP contribution is -2.39. The summed E-state index contributed by atoms with van der Waals surface area (Å²) in [5.74, 6) is 2.44. The van der Waals surface area contributed by atoms with Crippen molar-refractivity contribution in [3.8, 4) is 0 Å². The van der Waals surface area contributed by atoms with Gasteiger partial charge in [-0.2, -0.15) is 0 Å². The second-order valence-electron chi connectivity index (χ2n) is 6.36. The highest BCUT2D eigenvalue weighted by atomic mass is 35.5. The zero-order valence-corrected chi connectivity index (χ0v) is 14.1. The van der Waals surface area contributed by atoms with Crippen LogP contribution in [-0.4, -0.2) is 13.1 Å². The van der Waals surface area contributed by atoms with Crippen molar-refractivity contribution in [1.82, 2.24) is 5.32 Å². The van der Waals surface area contributed by atoms with Gasteiger partial charge in [0.2, 0.25) is 0 Å². The second-order valence-corrected chi connectivity index (χ2v) is 7.21. The fraction of sp³-hybridized carbons (Fsp3) is 0.647. The molecule has 1 aliphatic carbocycles. The SMILES string of the molecule is CNC(Cc1ccc(Cl)cc1Cl)C1CCC(C)C(C)C1. The van der Waals surface area contributed by atoms with E-state index in [0.29, 0.717) is 11.1 Å². The molecule has 1 aromatic rings. The van der Waals surface area contributed by atoms with E-state index in [1.807, 2.05) is 12.1 Å². The molecule has 0 radical (unpaired) electrons. The van der Waals surface area contributed by atoms with Crippen LogP contribution in [0.25, 0.3) is 0 Å². The first-order chi connectivity index (χ1) is 9.51. The molecule has 4 atom stereocenters. The average molecular weight is 314 g/mol. The number of hydrogen-bond donors (Lipinski definition) is 1. The number of likely N-dealkylation sites (N-methyl/N-ethyl adjacent to an activating group) is 1. The summed E-state index contributed by atoms with van der Waals surface area (Å²) in [5.41, 5.74) is 1.20. The van der Waals surface area contributed by atoms with Crippen LogP contribution in [0.2, 0.25) is 10.0 Å². The van der Waals surface area contributed by atoms with Crippen molar-refractivity contribution in [2.24, 2.45) is 17.8 Å². The van der Waals surface area contributed by atoms with Crippen molar-refractivity contribution in [3.05, 3.63) is 33.8 Å². The van der Waals surface area contributed by atoms with E-state index in [0.717, 1.165) is 29.2 Å². The van der Waals surface area contributed by atoms with Gasteiger partial charge < -0.3 is 5.32 Å². The third kappa shape index (κ3) is 3.90. The van der Waals surface area contributed by atoms with Gasteiger partial charge in [-0.1, -0.05) is 49.5 Å². The summed E-state index contributed by atoms with van der Waals surface area (Å²) >= 11 is 12.3. The zero-order chi connectivity index (χ0) is 14.7. The summed E-state index contributed by atoms with van der Waals surface area (Å²) in [5, 5.41) is 5.00. The van der Waals surface area contributed by atoms with Gasteiger partial charge >= 0.3 is 0 Å². The third-order valence-corrected chi connectivity index (χ3v) is 5.62. The minimum absolute atomic E-state index is 0.503. The molecule has 20 heavy (non-hydrogen) atoms. The Kier molecular flexibility index (Phi) is 5.77. The van der Waals surface area contributed by atoms with Crippen LogP contribution in [-0.2, 0) is 6.42 Å². The first-order valence-electron chi connectivity index (χ1n) is 7.62. The molecular weight excluding hydrogens is 289 g/mol. The first-order valence-corrected chi connectivity index (χ1v) is 8.38. The molecule has 1 saturated carbocycles. The molecule has 0 bridgehead atoms. The molecule has 0 heterocycles. The zero-order valence-electron chi connectivity index (χ0n) is 12.6. The number of hydrogen-bond acceptors (Lipinski definition) is 1. The molecule has 4 unspecified atom stereocenters. The predicted molar refractivity (Wildman–Crippen MR) is 88.7 cm³/mol. The van der Waals surface area contributed by atoms with Crippen molar-refractivity contribution >= 4 is 23.2 Å². The van der Waals surface area contributed by atoms with Crippen molar-refractivity contribution in [3.63, 3.8) is 0 Å². The molecule has 0 aliphatic heterocycles. The Morgan fingerprint density at radius 1 is 1.20 bits per heavy atom. The fourth-order valence-corrected chi connectivity index (χ4v) is 3.87. The molecule has 0 amide bonds. The number of benzene rings is 1. The van der Waals surface area contributed by atoms with Crippen molar-refractivity contribution in [2.75, 3.05) is 7.05 Å². The van der Waals surface area contributed by atoms with E-state index in [2.05, 4.69) is 32.3 Å². The highest BCUT2D eigenvalue weighted by Crippen LogP contribution is 2.36. The minimum atomic E-state index is 0.503. The minimum Gasteiger partial charge on any atom is -0.316 e. The van der Waals surface area contributed by atoms with Gasteiger partial charge in [-0.3, -0.25) is 0 Å². The van der Waals surface area contributed by atoms with Crippen LogP contribution in [0.4, 0.5) is 0 Å². The van der Waals surface area contributed by atoms with Gasteiger partial charge in [-0.15, -0.1) is 0 Å². The van der Waals surface area contributed by atoms with Crippen LogP contribution in [0.5, 0.6) is 0 Å². The highest BCUT2D eigenvalue weighted by Gasteiger charge is 2.29. The van der Waals surface area contributed by atoms with Gasteiger partial charge in [-0.25, -0.2) is 0 Å². The molecule has 112 valence electrons. The quantitative estimate of drug-likeness (QED) is 0.806. The molecule has 1 fully saturated rings. The Balaban J connectivity index is 2.05. The molecule has 0 saturated heterocycles. The van der Waals surface area contributed by atoms with E-state index in [1.54, 1.807) is 0 Å². The Bertz CT molecular complexity index is 447. The van der Waals surface area contributed by atoms with E-state index < -0.39 is 0 Å². The standard InChI is InChI=1S/C17H25Cl2N/c1-11-4-5-14(8-12(11)2)17(20-3)9-13-6-7-15(18)10-16(13)19/h6-7,10-12,14,17,20H,4-5,8-9H2,1-3H3. The molecule has 3 heteroatoms. The second kappa shape index (κ2) is 7.15. The summed E-state index contributed by atoms with van der Waals surface area (Å²) in [6.45, 7) is 4.77. The van der Waals surface area contributed by atoms with Gasteiger partial charge in [0.05, 0.1) is 0 Å². The van der Waals surface area contributed by atoms with E-state index >= 15 is 0 Å². The van der Waals surface area contributed by atoms with Crippen LogP contribution >= 0.6 is 23.2 Å². The lowest BCUT2D eigenvalue weighted by Gasteiger charge is -2.37. The van der Waals surface area contributed by atoms with Crippen molar-refractivity contribution in [1.29, 1.82) is 0 Å². The molecule has 0 spiro atoms. The van der Waals surface area contributed by atoms with Crippen LogP contribution in [0, 0.1) is 17.8 Å². The number of halogens is 2. The van der Waals surface area contributed by atoms with Gasteiger partial charge in [-0.05, 0) is 61.8 Å². The Morgan fingerprint density at radius 3 is 2.55 bits per heavy atom. The lowest BCUT2D eigenvalue weighted by molar-refractivity contribution is 0.173. The Labute approximate surface area is 133 Å². The maximum atomic E-state index is 6.31. The van der Waals surface area contributed by atoms with Crippen molar-refractivity contribution in [2.45, 2.75) is 45.6 Å². The fourth-order valence-electron chi connectivity index (χ4n) is 3.38. The summed E-state index contributed by atoms with van der Waals surface area (Å²) in [6.07, 6.45) is 4.97. The predicted octanol–water partition coefficient (Wildman–Crippen LogP) is 5.20. The Hall–Kier alpha value is -0.240. The van der Waals surface area contributed by atoms with E-state index in [1.165, 1.54) is 24.8 Å². The molecule has 1 nitrogen and oxygen atoms in total. The van der Waals surface area contributed by atoms with Gasteiger partial charge in [0.15, 0.2) is 0 Å². The molecule has 0 aromatic heterocycles. The van der Waals surface area contributed by atoms with Crippen LogP contribution in [0.3, 0.4) is 0 Å². The van der Waals surface area contributed by atoms with Crippen LogP contribution in [0.15, 0.2) is 18.2 Å². The third-order valence-electron chi connectivity index (χ3n) is 5.03. The average Bonchev–Trinajstić information content (AvgIpc) is 2.41. The summed E-state index contributed by atoms with van der Waals surface area (Å²) in [6, 6.07) is 6.34. The van der Waals surface area contributed by atoms with E-state index in [9.17, 15) is 0 Å². The summed E-state index contributed by atoms with van der Waals surface area (Å²) < 4.78 is 0. The first kappa shape index (κ1) is 16.1. The number of nitrogens with one attached hydrogen (secondary N) is 1. The van der Waals surface area contributed by atoms with Gasteiger partial charge in [0.25, 0.3) is 0 Å².